The lowest BCUT2D eigenvalue weighted by Crippen LogP contribution is -2.56. The average Bonchev–Trinajstić information content (AvgIpc) is 2.96. The minimum absolute atomic E-state index is 0.00308. The van der Waals surface area contributed by atoms with Crippen molar-refractivity contribution in [3.05, 3.63) is 35.9 Å². The minimum atomic E-state index is -3.19. The van der Waals surface area contributed by atoms with Crippen LogP contribution in [0, 0.1) is 0 Å². The van der Waals surface area contributed by atoms with Gasteiger partial charge >= 0.3 is 12.1 Å². The Morgan fingerprint density at radius 1 is 1.24 bits per heavy atom. The molecule has 2 aliphatic rings. The number of rotatable bonds is 3. The van der Waals surface area contributed by atoms with Gasteiger partial charge in [-0.25, -0.2) is 18.0 Å². The number of hydrogen-bond acceptors (Lipinski definition) is 6. The molecule has 2 fully saturated rings. The highest BCUT2D eigenvalue weighted by Gasteiger charge is 2.55. The normalized spacial score (nSPS) is 24.2. The van der Waals surface area contributed by atoms with E-state index < -0.39 is 33.7 Å². The van der Waals surface area contributed by atoms with E-state index in [-0.39, 0.29) is 37.6 Å². The summed E-state index contributed by atoms with van der Waals surface area (Å²) in [6, 6.07) is 7.81. The maximum Gasteiger partial charge on any atom is 0.413 e. The molecule has 8 nitrogen and oxygen atoms in total. The van der Waals surface area contributed by atoms with Gasteiger partial charge in [-0.05, 0) is 5.56 Å². The van der Waals surface area contributed by atoms with Gasteiger partial charge in [-0.15, -0.1) is 0 Å². The van der Waals surface area contributed by atoms with E-state index in [1.54, 1.807) is 24.3 Å². The predicted octanol–water partition coefficient (Wildman–Crippen LogP) is 1.01. The van der Waals surface area contributed by atoms with Gasteiger partial charge in [0.15, 0.2) is 15.9 Å². The second-order valence-electron chi connectivity index (χ2n) is 6.17. The maximum atomic E-state index is 12.6. The summed E-state index contributed by atoms with van der Waals surface area (Å²) in [5, 5.41) is 9.39. The van der Waals surface area contributed by atoms with Crippen molar-refractivity contribution < 1.29 is 32.6 Å². The number of ether oxygens (including phenoxy) is 2. The number of sulfone groups is 1. The topological polar surface area (TPSA) is 110 Å². The largest absolute Gasteiger partial charge is 0.480 e. The molecule has 2 saturated heterocycles. The van der Waals surface area contributed by atoms with Crippen LogP contribution in [0.5, 0.6) is 0 Å². The molecule has 0 aromatic heterocycles. The van der Waals surface area contributed by atoms with Crippen LogP contribution in [-0.2, 0) is 30.7 Å². The Kier molecular flexibility index (Phi) is 4.70. The first-order valence-electron chi connectivity index (χ1n) is 7.90. The average molecular weight is 369 g/mol. The molecule has 0 saturated carbocycles. The third kappa shape index (κ3) is 3.62. The highest BCUT2D eigenvalue weighted by atomic mass is 32.2. The Morgan fingerprint density at radius 2 is 1.88 bits per heavy atom. The van der Waals surface area contributed by atoms with Gasteiger partial charge in [-0.2, -0.15) is 0 Å². The van der Waals surface area contributed by atoms with Crippen LogP contribution in [0.4, 0.5) is 4.79 Å². The number of benzene rings is 1. The lowest BCUT2D eigenvalue weighted by molar-refractivity contribution is -0.143. The summed E-state index contributed by atoms with van der Waals surface area (Å²) < 4.78 is 34.3. The molecule has 9 heteroatoms. The molecule has 1 atom stereocenters. The fraction of sp³-hybridized carbons (Fsp3) is 0.500. The predicted molar refractivity (Wildman–Crippen MR) is 86.5 cm³/mol. The van der Waals surface area contributed by atoms with E-state index in [4.69, 9.17) is 9.47 Å². The van der Waals surface area contributed by atoms with Gasteiger partial charge in [0.2, 0.25) is 0 Å². The van der Waals surface area contributed by atoms with Gasteiger partial charge in [0, 0.05) is 12.8 Å². The molecule has 2 aliphatic heterocycles. The first kappa shape index (κ1) is 17.7. The number of aliphatic carboxylic acids is 1. The maximum absolute atomic E-state index is 12.6. The van der Waals surface area contributed by atoms with Gasteiger partial charge in [-0.1, -0.05) is 30.3 Å². The van der Waals surface area contributed by atoms with E-state index in [1.807, 2.05) is 6.07 Å². The number of carbonyl (C=O) groups is 2. The van der Waals surface area contributed by atoms with E-state index >= 15 is 0 Å². The molecule has 3 rings (SSSR count). The summed E-state index contributed by atoms with van der Waals surface area (Å²) in [6.45, 7) is -0.188. The van der Waals surface area contributed by atoms with Crippen LogP contribution in [0.1, 0.15) is 18.4 Å². The molecule has 1 N–H and O–H groups in total. The first-order valence-corrected chi connectivity index (χ1v) is 9.72. The molecular formula is C16H19NO7S. The molecule has 0 bridgehead atoms. The number of nitrogens with zero attached hydrogens (tertiary/aromatic N) is 1. The monoisotopic (exact) mass is 369 g/mol. The van der Waals surface area contributed by atoms with Gasteiger partial charge in [0.05, 0.1) is 18.1 Å². The van der Waals surface area contributed by atoms with Gasteiger partial charge in [0.25, 0.3) is 0 Å². The Labute approximate surface area is 145 Å². The molecule has 136 valence electrons. The van der Waals surface area contributed by atoms with Crippen molar-refractivity contribution in [2.75, 3.05) is 18.1 Å². The van der Waals surface area contributed by atoms with Crippen LogP contribution in [0.2, 0.25) is 0 Å². The smallest absolute Gasteiger partial charge is 0.413 e. The van der Waals surface area contributed by atoms with Gasteiger partial charge in [0.1, 0.15) is 12.3 Å². The molecule has 1 spiro atoms. The quantitative estimate of drug-likeness (QED) is 0.847. The Balaban J connectivity index is 1.78. The summed E-state index contributed by atoms with van der Waals surface area (Å²) in [4.78, 5) is 25.1. The zero-order valence-corrected chi connectivity index (χ0v) is 14.3. The number of amides is 1. The van der Waals surface area contributed by atoms with Crippen molar-refractivity contribution in [1.82, 2.24) is 4.90 Å². The van der Waals surface area contributed by atoms with Crippen LogP contribution >= 0.6 is 0 Å². The molecule has 0 radical (unpaired) electrons. The molecule has 25 heavy (non-hydrogen) atoms. The third-order valence-corrected chi connectivity index (χ3v) is 6.21. The Morgan fingerprint density at radius 3 is 2.48 bits per heavy atom. The zero-order valence-electron chi connectivity index (χ0n) is 13.5. The van der Waals surface area contributed by atoms with Crippen LogP contribution < -0.4 is 0 Å². The first-order chi connectivity index (χ1) is 11.8. The van der Waals surface area contributed by atoms with Gasteiger partial charge < -0.3 is 14.6 Å². The summed E-state index contributed by atoms with van der Waals surface area (Å²) in [7, 11) is -3.19. The summed E-state index contributed by atoms with van der Waals surface area (Å²) in [5.74, 6) is -1.51. The molecule has 1 amide bonds. The van der Waals surface area contributed by atoms with Crippen LogP contribution in [-0.4, -0.2) is 60.4 Å². The van der Waals surface area contributed by atoms with E-state index in [1.165, 1.54) is 0 Å². The van der Waals surface area contributed by atoms with Crippen molar-refractivity contribution in [3.63, 3.8) is 0 Å². The van der Waals surface area contributed by atoms with E-state index in [2.05, 4.69) is 0 Å². The second kappa shape index (κ2) is 6.64. The van der Waals surface area contributed by atoms with Crippen LogP contribution in [0.3, 0.4) is 0 Å². The van der Waals surface area contributed by atoms with Crippen molar-refractivity contribution in [2.24, 2.45) is 0 Å². The molecule has 0 aliphatic carbocycles. The Bertz CT molecular complexity index is 748. The lowest BCUT2D eigenvalue weighted by atomic mass is 10.1. The third-order valence-electron chi connectivity index (χ3n) is 4.55. The van der Waals surface area contributed by atoms with Crippen molar-refractivity contribution >= 4 is 21.9 Å². The summed E-state index contributed by atoms with van der Waals surface area (Å²) in [5.41, 5.74) is -0.467. The summed E-state index contributed by atoms with van der Waals surface area (Å²) in [6.07, 6.45) is -0.730. The number of carboxylic acids is 1. The highest BCUT2D eigenvalue weighted by Crippen LogP contribution is 2.38. The molecular weight excluding hydrogens is 350 g/mol. The molecule has 1 aromatic carbocycles. The highest BCUT2D eigenvalue weighted by molar-refractivity contribution is 7.91. The standard InChI is InChI=1S/C16H19NO7S/c18-14(19)13-11-24-16(6-8-25(21,22)9-7-16)17(13)15(20)23-10-12-4-2-1-3-5-12/h1-5,13H,6-11H2,(H,18,19). The molecule has 1 aromatic rings. The molecule has 1 unspecified atom stereocenters. The lowest BCUT2D eigenvalue weighted by Gasteiger charge is -2.39. The zero-order chi connectivity index (χ0) is 18.1. The van der Waals surface area contributed by atoms with Crippen molar-refractivity contribution in [1.29, 1.82) is 0 Å². The molecule has 2 heterocycles. The Hall–Kier alpha value is -2.13. The summed E-state index contributed by atoms with van der Waals surface area (Å²) >= 11 is 0. The number of carbonyl (C=O) groups excluding carboxylic acids is 1. The second-order valence-corrected chi connectivity index (χ2v) is 8.48. The number of carboxylic acid groups (broad SMARTS) is 1. The van der Waals surface area contributed by atoms with E-state index in [0.29, 0.717) is 0 Å². The van der Waals surface area contributed by atoms with Crippen molar-refractivity contribution in [2.45, 2.75) is 31.2 Å². The number of hydrogen-bond donors (Lipinski definition) is 1. The fourth-order valence-electron chi connectivity index (χ4n) is 3.17. The minimum Gasteiger partial charge on any atom is -0.480 e. The van der Waals surface area contributed by atoms with Crippen LogP contribution in [0.15, 0.2) is 30.3 Å². The van der Waals surface area contributed by atoms with E-state index in [0.717, 1.165) is 10.5 Å². The SMILES string of the molecule is O=C(O)C1COC2(CCS(=O)(=O)CC2)N1C(=O)OCc1ccccc1. The van der Waals surface area contributed by atoms with E-state index in [9.17, 15) is 23.1 Å². The fourth-order valence-corrected chi connectivity index (χ4v) is 4.63. The van der Waals surface area contributed by atoms with Gasteiger partial charge in [-0.3, -0.25) is 4.90 Å². The van der Waals surface area contributed by atoms with Crippen molar-refractivity contribution in [3.8, 4) is 0 Å². The van der Waals surface area contributed by atoms with Crippen LogP contribution in [0.25, 0.3) is 0 Å².